The van der Waals surface area contributed by atoms with E-state index in [9.17, 15) is 0 Å². The van der Waals surface area contributed by atoms with Crippen LogP contribution in [-0.4, -0.2) is 0 Å². The maximum absolute atomic E-state index is 3.77. The smallest absolute Gasteiger partial charge is 0.0181 e. The number of hydrogen-bond acceptors (Lipinski definition) is 0. The number of benzene rings is 2. The summed E-state index contributed by atoms with van der Waals surface area (Å²) in [6.45, 7) is 3.77. The van der Waals surface area contributed by atoms with E-state index in [0.717, 1.165) is 0 Å². The first-order valence-electron chi connectivity index (χ1n) is 5.71. The van der Waals surface area contributed by atoms with Crippen molar-refractivity contribution >= 4 is 6.08 Å². The second kappa shape index (κ2) is 3.64. The van der Waals surface area contributed by atoms with E-state index in [1.807, 2.05) is 6.08 Å². The van der Waals surface area contributed by atoms with E-state index in [4.69, 9.17) is 0 Å². The van der Waals surface area contributed by atoms with Crippen LogP contribution in [-0.2, 0) is 12.8 Å². The summed E-state index contributed by atoms with van der Waals surface area (Å²) in [4.78, 5) is 0. The molecule has 1 aliphatic carbocycles. The minimum Gasteiger partial charge on any atom is -0.0985 e. The molecule has 2 aromatic rings. The predicted molar refractivity (Wildman–Crippen MR) is 69.4 cm³/mol. The highest BCUT2D eigenvalue weighted by molar-refractivity contribution is 5.67. The van der Waals surface area contributed by atoms with Crippen molar-refractivity contribution in [2.75, 3.05) is 0 Å². The SMILES string of the molecule is C=Cc1ccc(-c2ccc3c(c2)CC3)cc1. The first-order chi connectivity index (χ1) is 7.86. The zero-order valence-electron chi connectivity index (χ0n) is 9.24. The lowest BCUT2D eigenvalue weighted by Gasteiger charge is -2.19. The highest BCUT2D eigenvalue weighted by Gasteiger charge is 2.12. The Morgan fingerprint density at radius 2 is 1.50 bits per heavy atom. The third kappa shape index (κ3) is 1.47. The normalized spacial score (nSPS) is 12.8. The van der Waals surface area contributed by atoms with E-state index >= 15 is 0 Å². The van der Waals surface area contributed by atoms with Gasteiger partial charge in [-0.1, -0.05) is 55.1 Å². The Labute approximate surface area is 96.3 Å². The Kier molecular flexibility index (Phi) is 2.14. The molecule has 0 heteroatoms. The molecule has 2 aromatic carbocycles. The highest BCUT2D eigenvalue weighted by Crippen LogP contribution is 2.28. The second-order valence-corrected chi connectivity index (χ2v) is 4.31. The molecular formula is C16H14. The van der Waals surface area contributed by atoms with E-state index < -0.39 is 0 Å². The molecule has 78 valence electrons. The maximum Gasteiger partial charge on any atom is -0.0181 e. The lowest BCUT2D eigenvalue weighted by atomic mass is 9.86. The summed E-state index contributed by atoms with van der Waals surface area (Å²) < 4.78 is 0. The molecule has 0 N–H and O–H groups in total. The van der Waals surface area contributed by atoms with Crippen LogP contribution >= 0.6 is 0 Å². The fourth-order valence-corrected chi connectivity index (χ4v) is 2.19. The molecule has 0 aliphatic heterocycles. The van der Waals surface area contributed by atoms with Gasteiger partial charge in [-0.2, -0.15) is 0 Å². The van der Waals surface area contributed by atoms with Gasteiger partial charge in [0.2, 0.25) is 0 Å². The van der Waals surface area contributed by atoms with Crippen molar-refractivity contribution in [3.8, 4) is 11.1 Å². The number of fused-ring (bicyclic) bond motifs is 1. The Hall–Kier alpha value is -1.82. The van der Waals surface area contributed by atoms with Gasteiger partial charge in [0.15, 0.2) is 0 Å². The molecule has 0 radical (unpaired) electrons. The van der Waals surface area contributed by atoms with Crippen molar-refractivity contribution in [3.05, 3.63) is 65.7 Å². The van der Waals surface area contributed by atoms with Crippen molar-refractivity contribution in [1.29, 1.82) is 0 Å². The largest absolute Gasteiger partial charge is 0.0985 e. The molecule has 16 heavy (non-hydrogen) atoms. The molecule has 0 fully saturated rings. The van der Waals surface area contributed by atoms with Crippen LogP contribution < -0.4 is 0 Å². The highest BCUT2D eigenvalue weighted by atomic mass is 14.2. The number of aryl methyl sites for hydroxylation is 2. The quantitative estimate of drug-likeness (QED) is 0.694. The van der Waals surface area contributed by atoms with Gasteiger partial charge in [-0.05, 0) is 40.7 Å². The second-order valence-electron chi connectivity index (χ2n) is 4.31. The summed E-state index contributed by atoms with van der Waals surface area (Å²) in [6, 6.07) is 15.4. The predicted octanol–water partition coefficient (Wildman–Crippen LogP) is 4.10. The van der Waals surface area contributed by atoms with Crippen LogP contribution in [0.15, 0.2) is 49.0 Å². The summed E-state index contributed by atoms with van der Waals surface area (Å²) in [6.07, 6.45) is 4.38. The van der Waals surface area contributed by atoms with Crippen LogP contribution in [0.2, 0.25) is 0 Å². The van der Waals surface area contributed by atoms with Gasteiger partial charge in [0.05, 0.1) is 0 Å². The minimum atomic E-state index is 1.17. The van der Waals surface area contributed by atoms with Crippen molar-refractivity contribution in [1.82, 2.24) is 0 Å². The number of rotatable bonds is 2. The summed E-state index contributed by atoms with van der Waals surface area (Å²) in [5, 5.41) is 0. The Balaban J connectivity index is 2.01. The van der Waals surface area contributed by atoms with Crippen LogP contribution in [0.1, 0.15) is 16.7 Å². The first-order valence-corrected chi connectivity index (χ1v) is 5.71. The Morgan fingerprint density at radius 1 is 0.812 bits per heavy atom. The van der Waals surface area contributed by atoms with Crippen LogP contribution in [0, 0.1) is 0 Å². The van der Waals surface area contributed by atoms with E-state index in [0.29, 0.717) is 0 Å². The summed E-state index contributed by atoms with van der Waals surface area (Å²) >= 11 is 0. The third-order valence-corrected chi connectivity index (χ3v) is 3.35. The third-order valence-electron chi connectivity index (χ3n) is 3.35. The zero-order chi connectivity index (χ0) is 11.0. The molecule has 0 unspecified atom stereocenters. The number of hydrogen-bond donors (Lipinski definition) is 0. The van der Waals surface area contributed by atoms with Gasteiger partial charge in [-0.25, -0.2) is 0 Å². The summed E-state index contributed by atoms with van der Waals surface area (Å²) in [7, 11) is 0. The fourth-order valence-electron chi connectivity index (χ4n) is 2.19. The van der Waals surface area contributed by atoms with Crippen molar-refractivity contribution in [3.63, 3.8) is 0 Å². The average Bonchev–Trinajstić information content (AvgIpc) is 2.31. The molecule has 3 rings (SSSR count). The lowest BCUT2D eigenvalue weighted by molar-refractivity contribution is 0.840. The molecule has 0 nitrogen and oxygen atoms in total. The van der Waals surface area contributed by atoms with E-state index in [1.165, 1.54) is 40.7 Å². The van der Waals surface area contributed by atoms with Gasteiger partial charge in [0.1, 0.15) is 0 Å². The van der Waals surface area contributed by atoms with Crippen LogP contribution in [0.4, 0.5) is 0 Å². The molecule has 0 saturated heterocycles. The molecule has 0 heterocycles. The molecular weight excluding hydrogens is 192 g/mol. The lowest BCUT2D eigenvalue weighted by Crippen LogP contribution is -2.07. The average molecular weight is 206 g/mol. The molecule has 0 saturated carbocycles. The molecule has 0 amide bonds. The zero-order valence-corrected chi connectivity index (χ0v) is 9.24. The molecule has 0 bridgehead atoms. The molecule has 0 aromatic heterocycles. The van der Waals surface area contributed by atoms with Gasteiger partial charge in [0.25, 0.3) is 0 Å². The first kappa shape index (κ1) is 9.41. The molecule has 1 aliphatic rings. The van der Waals surface area contributed by atoms with Crippen LogP contribution in [0.5, 0.6) is 0 Å². The Bertz CT molecular complexity index is 532. The standard InChI is InChI=1S/C16H14/c1-2-12-3-5-13(6-4-12)15-9-7-14-8-10-16(14)11-15/h2-7,9,11H,1,8,10H2. The minimum absolute atomic E-state index is 1.17. The van der Waals surface area contributed by atoms with Crippen molar-refractivity contribution in [2.45, 2.75) is 12.8 Å². The van der Waals surface area contributed by atoms with E-state index in [-0.39, 0.29) is 0 Å². The monoisotopic (exact) mass is 206 g/mol. The van der Waals surface area contributed by atoms with Crippen LogP contribution in [0.3, 0.4) is 0 Å². The van der Waals surface area contributed by atoms with Crippen LogP contribution in [0.25, 0.3) is 17.2 Å². The molecule has 0 spiro atoms. The maximum atomic E-state index is 3.77. The Morgan fingerprint density at radius 3 is 2.06 bits per heavy atom. The van der Waals surface area contributed by atoms with Gasteiger partial charge < -0.3 is 0 Å². The van der Waals surface area contributed by atoms with Gasteiger partial charge in [-0.15, -0.1) is 0 Å². The summed E-state index contributed by atoms with van der Waals surface area (Å²) in [5.41, 5.74) is 6.83. The van der Waals surface area contributed by atoms with Gasteiger partial charge in [-0.3, -0.25) is 0 Å². The van der Waals surface area contributed by atoms with E-state index in [2.05, 4.69) is 49.0 Å². The fraction of sp³-hybridized carbons (Fsp3) is 0.125. The van der Waals surface area contributed by atoms with E-state index in [1.54, 1.807) is 0 Å². The van der Waals surface area contributed by atoms with Gasteiger partial charge in [0, 0.05) is 0 Å². The molecule has 0 atom stereocenters. The summed E-state index contributed by atoms with van der Waals surface area (Å²) in [5.74, 6) is 0. The van der Waals surface area contributed by atoms with Gasteiger partial charge >= 0.3 is 0 Å². The van der Waals surface area contributed by atoms with Crippen molar-refractivity contribution in [2.24, 2.45) is 0 Å². The van der Waals surface area contributed by atoms with Crippen molar-refractivity contribution < 1.29 is 0 Å². The topological polar surface area (TPSA) is 0 Å².